The van der Waals surface area contributed by atoms with E-state index in [1.54, 1.807) is 30.4 Å². The first-order chi connectivity index (χ1) is 9.27. The van der Waals surface area contributed by atoms with Gasteiger partial charge in [0.25, 0.3) is 0 Å². The van der Waals surface area contributed by atoms with Crippen molar-refractivity contribution in [3.63, 3.8) is 0 Å². The predicted octanol–water partition coefficient (Wildman–Crippen LogP) is 3.47. The average Bonchev–Trinajstić information content (AvgIpc) is 2.49. The Morgan fingerprint density at radius 3 is 2.68 bits per heavy atom. The molecule has 0 amide bonds. The number of methoxy groups -OCH3 is 1. The summed E-state index contributed by atoms with van der Waals surface area (Å²) in [6.07, 6.45) is 4.00. The van der Waals surface area contributed by atoms with Gasteiger partial charge >= 0.3 is 0 Å². The first-order valence-electron chi connectivity index (χ1n) is 6.02. The summed E-state index contributed by atoms with van der Waals surface area (Å²) in [5, 5.41) is 9.94. The van der Waals surface area contributed by atoms with Crippen molar-refractivity contribution < 1.29 is 14.6 Å². The Balaban J connectivity index is 0.000000861. The van der Waals surface area contributed by atoms with Crippen LogP contribution in [0.1, 0.15) is 29.8 Å². The molecule has 0 fully saturated rings. The third kappa shape index (κ3) is 3.05. The van der Waals surface area contributed by atoms with Crippen LogP contribution in [0.2, 0.25) is 0 Å². The molecule has 98 valence electrons. The lowest BCUT2D eigenvalue weighted by Gasteiger charge is -2.11. The Kier molecular flexibility index (Phi) is 5.43. The minimum absolute atomic E-state index is 0.0725. The van der Waals surface area contributed by atoms with Crippen LogP contribution in [-0.2, 0) is 4.74 Å². The summed E-state index contributed by atoms with van der Waals surface area (Å²) in [7, 11) is 1.54. The highest BCUT2D eigenvalue weighted by Gasteiger charge is 2.15. The second-order valence-corrected chi connectivity index (χ2v) is 3.41. The average molecular weight is 256 g/mol. The number of rotatable bonds is 3. The number of phenols is 1. The first-order valence-corrected chi connectivity index (χ1v) is 6.02. The van der Waals surface area contributed by atoms with E-state index < -0.39 is 0 Å². The molecule has 0 unspecified atom stereocenters. The van der Waals surface area contributed by atoms with Gasteiger partial charge in [-0.1, -0.05) is 31.4 Å². The Hall–Kier alpha value is -2.47. The minimum Gasteiger partial charge on any atom is -0.507 e. The van der Waals surface area contributed by atoms with Gasteiger partial charge in [-0.2, -0.15) is 0 Å². The van der Waals surface area contributed by atoms with Crippen molar-refractivity contribution in [2.24, 2.45) is 0 Å². The van der Waals surface area contributed by atoms with Crippen molar-refractivity contribution in [1.82, 2.24) is 0 Å². The lowest BCUT2D eigenvalue weighted by molar-refractivity contribution is 0.112. The fourth-order valence-electron chi connectivity index (χ4n) is 1.60. The quantitative estimate of drug-likeness (QED) is 0.665. The number of allylic oxidation sites excluding steroid dienone is 3. The van der Waals surface area contributed by atoms with Crippen molar-refractivity contribution in [2.45, 2.75) is 13.8 Å². The van der Waals surface area contributed by atoms with Crippen molar-refractivity contribution in [2.75, 3.05) is 7.11 Å². The second kappa shape index (κ2) is 7.07. The van der Waals surface area contributed by atoms with Crippen molar-refractivity contribution >= 4 is 11.9 Å². The van der Waals surface area contributed by atoms with Crippen LogP contribution in [0.5, 0.6) is 5.75 Å². The van der Waals surface area contributed by atoms with Gasteiger partial charge in [-0.05, 0) is 24.3 Å². The summed E-state index contributed by atoms with van der Waals surface area (Å²) in [6, 6.07) is 4.94. The summed E-state index contributed by atoms with van der Waals surface area (Å²) < 4.78 is 5.18. The van der Waals surface area contributed by atoms with Crippen LogP contribution in [0.3, 0.4) is 0 Å². The van der Waals surface area contributed by atoms with Gasteiger partial charge in [-0.25, -0.2) is 0 Å². The van der Waals surface area contributed by atoms with Gasteiger partial charge in [0, 0.05) is 5.56 Å². The van der Waals surface area contributed by atoms with Crippen LogP contribution >= 0.6 is 0 Å². The number of para-hydroxylation sites is 1. The second-order valence-electron chi connectivity index (χ2n) is 3.41. The lowest BCUT2D eigenvalue weighted by Crippen LogP contribution is -1.95. The molecule has 2 rings (SSSR count). The molecule has 3 nitrogen and oxygen atoms in total. The number of carbonyl (C=O) groups excluding carboxylic acids is 1. The summed E-state index contributed by atoms with van der Waals surface area (Å²) in [5.41, 5.74) is 6.99. The number of aromatic hydroxyl groups is 1. The Bertz CT molecular complexity index is 596. The standard InChI is InChI=1S/C14H10O3.C2H6/c1-17-13-8-3-2-6-11(13)12-7-4-5-10(9-15)14(12)16;1-2/h3-5,7-9,16H,1H3;1-2H3. The molecule has 0 radical (unpaired) electrons. The molecular weight excluding hydrogens is 240 g/mol. The monoisotopic (exact) mass is 256 g/mol. The normalized spacial score (nSPS) is 11.9. The molecule has 0 spiro atoms. The highest BCUT2D eigenvalue weighted by atomic mass is 16.5. The molecular formula is C16H16O3. The van der Waals surface area contributed by atoms with Gasteiger partial charge in [-0.3, -0.25) is 4.79 Å². The number of phenolic OH excluding ortho intramolecular Hbond substituents is 1. The molecule has 3 heteroatoms. The van der Waals surface area contributed by atoms with Crippen LogP contribution in [0.4, 0.5) is 0 Å². The zero-order valence-electron chi connectivity index (χ0n) is 11.2. The van der Waals surface area contributed by atoms with E-state index in [4.69, 9.17) is 4.74 Å². The summed E-state index contributed by atoms with van der Waals surface area (Å²) in [6.45, 7) is 4.00. The number of aldehydes is 1. The zero-order valence-corrected chi connectivity index (χ0v) is 11.2. The highest BCUT2D eigenvalue weighted by molar-refractivity contribution is 5.88. The molecule has 0 aromatic heterocycles. The molecule has 1 N–H and O–H groups in total. The minimum atomic E-state index is -0.0725. The molecule has 0 saturated heterocycles. The molecule has 1 aromatic rings. The van der Waals surface area contributed by atoms with Crippen molar-refractivity contribution in [3.05, 3.63) is 58.7 Å². The van der Waals surface area contributed by atoms with E-state index in [0.717, 1.165) is 0 Å². The third-order valence-electron chi connectivity index (χ3n) is 2.45. The molecule has 1 aliphatic rings. The predicted molar refractivity (Wildman–Crippen MR) is 74.9 cm³/mol. The molecule has 0 atom stereocenters. The Labute approximate surface area is 112 Å². The molecule has 19 heavy (non-hydrogen) atoms. The van der Waals surface area contributed by atoms with E-state index in [2.05, 4.69) is 11.5 Å². The van der Waals surface area contributed by atoms with Crippen molar-refractivity contribution in [1.29, 1.82) is 0 Å². The fraction of sp³-hybridized carbons (Fsp3) is 0.188. The number of benzene rings is 1. The maximum Gasteiger partial charge on any atom is 0.153 e. The van der Waals surface area contributed by atoms with Gasteiger partial charge in [-0.15, -0.1) is 0 Å². The van der Waals surface area contributed by atoms with Gasteiger partial charge in [0.1, 0.15) is 11.5 Å². The van der Waals surface area contributed by atoms with Gasteiger partial charge in [0.15, 0.2) is 6.29 Å². The lowest BCUT2D eigenvalue weighted by atomic mass is 9.99. The van der Waals surface area contributed by atoms with Gasteiger partial charge in [0.2, 0.25) is 0 Å². The van der Waals surface area contributed by atoms with E-state index in [9.17, 15) is 9.90 Å². The third-order valence-corrected chi connectivity index (χ3v) is 2.45. The number of carbonyl (C=O) groups is 1. The van der Waals surface area contributed by atoms with E-state index >= 15 is 0 Å². The SMILES string of the molecule is CC.COC1=CC=C=C=C1c1cccc(C=O)c1O. The molecule has 1 aromatic carbocycles. The summed E-state index contributed by atoms with van der Waals surface area (Å²) >= 11 is 0. The maximum atomic E-state index is 10.8. The zero-order chi connectivity index (χ0) is 14.3. The largest absolute Gasteiger partial charge is 0.507 e. The van der Waals surface area contributed by atoms with E-state index in [1.807, 2.05) is 13.8 Å². The topological polar surface area (TPSA) is 46.5 Å². The van der Waals surface area contributed by atoms with Crippen LogP contribution < -0.4 is 0 Å². The fourth-order valence-corrected chi connectivity index (χ4v) is 1.60. The van der Waals surface area contributed by atoms with Crippen LogP contribution in [0.25, 0.3) is 5.57 Å². The van der Waals surface area contributed by atoms with Crippen molar-refractivity contribution in [3.8, 4) is 5.75 Å². The van der Waals surface area contributed by atoms with E-state index in [1.165, 1.54) is 7.11 Å². The number of hydrogen-bond acceptors (Lipinski definition) is 3. The molecule has 0 aliphatic heterocycles. The summed E-state index contributed by atoms with van der Waals surface area (Å²) in [5.74, 6) is 0.499. The molecule has 1 aliphatic carbocycles. The molecule has 0 saturated carbocycles. The number of hydrogen-bond donors (Lipinski definition) is 1. The van der Waals surface area contributed by atoms with Crippen LogP contribution in [0.15, 0.2) is 47.6 Å². The van der Waals surface area contributed by atoms with Gasteiger partial charge in [0.05, 0.1) is 18.2 Å². The molecule has 0 heterocycles. The van der Waals surface area contributed by atoms with Crippen LogP contribution in [-0.4, -0.2) is 18.5 Å². The van der Waals surface area contributed by atoms with Gasteiger partial charge < -0.3 is 9.84 Å². The highest BCUT2D eigenvalue weighted by Crippen LogP contribution is 2.32. The van der Waals surface area contributed by atoms with Crippen LogP contribution in [0, 0.1) is 0 Å². The smallest absolute Gasteiger partial charge is 0.153 e. The van der Waals surface area contributed by atoms with E-state index in [-0.39, 0.29) is 11.3 Å². The maximum absolute atomic E-state index is 10.8. The number of ether oxygens (including phenoxy) is 1. The Morgan fingerprint density at radius 1 is 1.32 bits per heavy atom. The molecule has 0 bridgehead atoms. The first kappa shape index (κ1) is 14.6. The summed E-state index contributed by atoms with van der Waals surface area (Å²) in [4.78, 5) is 10.8. The Morgan fingerprint density at radius 2 is 2.05 bits per heavy atom. The van der Waals surface area contributed by atoms with E-state index in [0.29, 0.717) is 23.2 Å².